The molecule has 3 aromatic rings. The van der Waals surface area contributed by atoms with Crippen LogP contribution in [-0.4, -0.2) is 24.3 Å². The summed E-state index contributed by atoms with van der Waals surface area (Å²) in [4.78, 5) is 8.03. The number of anilines is 1. The molecule has 20 heavy (non-hydrogen) atoms. The second-order valence-electron chi connectivity index (χ2n) is 4.64. The van der Waals surface area contributed by atoms with Gasteiger partial charge in [-0.05, 0) is 17.7 Å². The number of aromatic nitrogens is 5. The Morgan fingerprint density at radius 3 is 2.60 bits per heavy atom. The quantitative estimate of drug-likeness (QED) is 0.764. The van der Waals surface area contributed by atoms with Crippen LogP contribution >= 0.6 is 0 Å². The average molecular weight is 268 g/mol. The fourth-order valence-corrected chi connectivity index (χ4v) is 1.98. The molecule has 0 bridgehead atoms. The molecule has 2 aromatic heterocycles. The molecule has 0 saturated heterocycles. The maximum atomic E-state index is 4.10. The first-order valence-corrected chi connectivity index (χ1v) is 6.42. The molecule has 3 rings (SSSR count). The lowest BCUT2D eigenvalue weighted by Crippen LogP contribution is -2.04. The molecule has 0 radical (unpaired) electrons. The Morgan fingerprint density at radius 1 is 1.10 bits per heavy atom. The summed E-state index contributed by atoms with van der Waals surface area (Å²) in [5.74, 6) is 0. The summed E-state index contributed by atoms with van der Waals surface area (Å²) in [6.07, 6.45) is 6.93. The van der Waals surface area contributed by atoms with E-state index in [0.29, 0.717) is 0 Å². The van der Waals surface area contributed by atoms with Crippen LogP contribution in [0.5, 0.6) is 0 Å². The van der Waals surface area contributed by atoms with Crippen molar-refractivity contribution in [3.8, 4) is 0 Å². The van der Waals surface area contributed by atoms with Gasteiger partial charge in [0.1, 0.15) is 12.7 Å². The number of imidazole rings is 1. The first-order valence-electron chi connectivity index (χ1n) is 6.42. The van der Waals surface area contributed by atoms with E-state index >= 15 is 0 Å². The highest BCUT2D eigenvalue weighted by Crippen LogP contribution is 2.11. The van der Waals surface area contributed by atoms with E-state index in [1.165, 1.54) is 5.56 Å². The van der Waals surface area contributed by atoms with Crippen LogP contribution in [0.1, 0.15) is 11.3 Å². The van der Waals surface area contributed by atoms with E-state index in [1.807, 2.05) is 17.8 Å². The van der Waals surface area contributed by atoms with Crippen molar-refractivity contribution < 1.29 is 0 Å². The molecule has 1 N–H and O–H groups in total. The molecule has 6 heteroatoms. The van der Waals surface area contributed by atoms with Crippen molar-refractivity contribution in [2.75, 3.05) is 5.32 Å². The van der Waals surface area contributed by atoms with Crippen LogP contribution in [0.4, 0.5) is 5.69 Å². The van der Waals surface area contributed by atoms with Crippen LogP contribution in [0.25, 0.3) is 0 Å². The van der Waals surface area contributed by atoms with Crippen molar-refractivity contribution in [3.63, 3.8) is 0 Å². The van der Waals surface area contributed by atoms with Gasteiger partial charge in [-0.1, -0.05) is 12.1 Å². The SMILES string of the molecule is Cn1cncc1CNc1ccc(Cn2cncn2)cc1. The summed E-state index contributed by atoms with van der Waals surface area (Å²) in [7, 11) is 1.99. The molecule has 0 fully saturated rings. The summed E-state index contributed by atoms with van der Waals surface area (Å²) in [6.45, 7) is 1.50. The van der Waals surface area contributed by atoms with Crippen LogP contribution in [0.15, 0.2) is 49.4 Å². The Bertz CT molecular complexity index is 653. The number of aryl methyl sites for hydroxylation is 1. The Hall–Kier alpha value is -2.63. The zero-order chi connectivity index (χ0) is 13.8. The zero-order valence-corrected chi connectivity index (χ0v) is 11.3. The Kier molecular flexibility index (Phi) is 3.45. The highest BCUT2D eigenvalue weighted by Gasteiger charge is 1.99. The van der Waals surface area contributed by atoms with Crippen molar-refractivity contribution >= 4 is 5.69 Å². The minimum absolute atomic E-state index is 0.738. The van der Waals surface area contributed by atoms with Crippen molar-refractivity contribution in [1.29, 1.82) is 0 Å². The minimum Gasteiger partial charge on any atom is -0.379 e. The fourth-order valence-electron chi connectivity index (χ4n) is 1.98. The van der Waals surface area contributed by atoms with Crippen LogP contribution < -0.4 is 5.32 Å². The van der Waals surface area contributed by atoms with Crippen molar-refractivity contribution in [1.82, 2.24) is 24.3 Å². The predicted molar refractivity (Wildman–Crippen MR) is 76.1 cm³/mol. The van der Waals surface area contributed by atoms with Crippen LogP contribution in [0, 0.1) is 0 Å². The summed E-state index contributed by atoms with van der Waals surface area (Å²) in [5, 5.41) is 7.47. The first kappa shape index (κ1) is 12.4. The summed E-state index contributed by atoms with van der Waals surface area (Å²) in [5.41, 5.74) is 3.44. The molecule has 0 saturated carbocycles. The number of benzene rings is 1. The lowest BCUT2D eigenvalue weighted by molar-refractivity contribution is 0.685. The van der Waals surface area contributed by atoms with E-state index < -0.39 is 0 Å². The van der Waals surface area contributed by atoms with Gasteiger partial charge in [0.2, 0.25) is 0 Å². The van der Waals surface area contributed by atoms with Gasteiger partial charge in [0.25, 0.3) is 0 Å². The first-order chi connectivity index (χ1) is 9.81. The molecule has 0 aliphatic rings. The normalized spacial score (nSPS) is 10.7. The molecule has 102 valence electrons. The van der Waals surface area contributed by atoms with Crippen LogP contribution in [0.3, 0.4) is 0 Å². The van der Waals surface area contributed by atoms with Gasteiger partial charge in [0.15, 0.2) is 0 Å². The molecule has 0 aliphatic carbocycles. The second-order valence-corrected chi connectivity index (χ2v) is 4.64. The van der Waals surface area contributed by atoms with E-state index in [1.54, 1.807) is 23.7 Å². The predicted octanol–water partition coefficient (Wildman–Crippen LogP) is 1.67. The third-order valence-electron chi connectivity index (χ3n) is 3.16. The van der Waals surface area contributed by atoms with E-state index in [9.17, 15) is 0 Å². The Labute approximate surface area is 117 Å². The molecule has 0 atom stereocenters. The largest absolute Gasteiger partial charge is 0.379 e. The third kappa shape index (κ3) is 2.85. The van der Waals surface area contributed by atoms with E-state index in [-0.39, 0.29) is 0 Å². The van der Waals surface area contributed by atoms with Gasteiger partial charge < -0.3 is 9.88 Å². The lowest BCUT2D eigenvalue weighted by atomic mass is 10.2. The monoisotopic (exact) mass is 268 g/mol. The van der Waals surface area contributed by atoms with Gasteiger partial charge in [-0.25, -0.2) is 14.6 Å². The summed E-state index contributed by atoms with van der Waals surface area (Å²) in [6, 6.07) is 8.33. The standard InChI is InChI=1S/C14H16N6/c1-19-10-15-6-14(19)7-17-13-4-2-12(3-5-13)8-20-11-16-9-18-20/h2-6,9-11,17H,7-8H2,1H3. The second kappa shape index (κ2) is 5.56. The number of rotatable bonds is 5. The van der Waals surface area contributed by atoms with Crippen molar-refractivity contribution in [2.24, 2.45) is 7.05 Å². The molecule has 0 amide bonds. The molecular weight excluding hydrogens is 252 g/mol. The Morgan fingerprint density at radius 2 is 1.95 bits per heavy atom. The van der Waals surface area contributed by atoms with Gasteiger partial charge in [0.05, 0.1) is 25.1 Å². The number of nitrogens with zero attached hydrogens (tertiary/aromatic N) is 5. The molecule has 6 nitrogen and oxygen atoms in total. The number of nitrogens with one attached hydrogen (secondary N) is 1. The third-order valence-corrected chi connectivity index (χ3v) is 3.16. The molecular formula is C14H16N6. The summed E-state index contributed by atoms with van der Waals surface area (Å²) >= 11 is 0. The van der Waals surface area contributed by atoms with E-state index in [2.05, 4.69) is 44.6 Å². The highest BCUT2D eigenvalue weighted by atomic mass is 15.3. The van der Waals surface area contributed by atoms with Gasteiger partial charge in [-0.3, -0.25) is 0 Å². The van der Waals surface area contributed by atoms with Gasteiger partial charge in [-0.15, -0.1) is 0 Å². The van der Waals surface area contributed by atoms with E-state index in [4.69, 9.17) is 0 Å². The number of hydrogen-bond acceptors (Lipinski definition) is 4. The molecule has 0 spiro atoms. The fraction of sp³-hybridized carbons (Fsp3) is 0.214. The van der Waals surface area contributed by atoms with Crippen LogP contribution in [0.2, 0.25) is 0 Å². The maximum Gasteiger partial charge on any atom is 0.137 e. The average Bonchev–Trinajstić information content (AvgIpc) is 3.10. The van der Waals surface area contributed by atoms with Crippen molar-refractivity contribution in [2.45, 2.75) is 13.1 Å². The zero-order valence-electron chi connectivity index (χ0n) is 11.3. The van der Waals surface area contributed by atoms with Gasteiger partial charge in [-0.2, -0.15) is 5.10 Å². The highest BCUT2D eigenvalue weighted by molar-refractivity contribution is 5.44. The van der Waals surface area contributed by atoms with Gasteiger partial charge in [0, 0.05) is 18.9 Å². The Balaban J connectivity index is 1.60. The summed E-state index contributed by atoms with van der Waals surface area (Å²) < 4.78 is 3.81. The molecule has 1 aromatic carbocycles. The molecule has 0 aliphatic heterocycles. The van der Waals surface area contributed by atoms with Crippen molar-refractivity contribution in [3.05, 3.63) is 60.7 Å². The number of hydrogen-bond donors (Lipinski definition) is 1. The lowest BCUT2D eigenvalue weighted by Gasteiger charge is -2.08. The molecule has 2 heterocycles. The van der Waals surface area contributed by atoms with E-state index in [0.717, 1.165) is 24.5 Å². The topological polar surface area (TPSA) is 60.6 Å². The molecule has 0 unspecified atom stereocenters. The van der Waals surface area contributed by atoms with Gasteiger partial charge >= 0.3 is 0 Å². The maximum absolute atomic E-state index is 4.10. The minimum atomic E-state index is 0.738. The smallest absolute Gasteiger partial charge is 0.137 e. The van der Waals surface area contributed by atoms with Crippen LogP contribution in [-0.2, 0) is 20.1 Å².